The molecule has 3 nitrogen and oxygen atoms in total. The molecule has 1 heterocycles. The van der Waals surface area contributed by atoms with Crippen molar-refractivity contribution in [2.45, 2.75) is 0 Å². The van der Waals surface area contributed by atoms with E-state index in [2.05, 4.69) is 5.16 Å². The van der Waals surface area contributed by atoms with Crippen LogP contribution < -0.4 is 0 Å². The van der Waals surface area contributed by atoms with Crippen LogP contribution in [0.2, 0.25) is 0 Å². The van der Waals surface area contributed by atoms with Crippen LogP contribution >= 0.6 is 0 Å². The Balaban J connectivity index is 2.88. The third kappa shape index (κ3) is 0.887. The monoisotopic (exact) mass is 165 g/mol. The van der Waals surface area contributed by atoms with Gasteiger partial charge < -0.3 is 4.52 Å². The number of hydrogen-bond acceptors (Lipinski definition) is 3. The smallest absolute Gasteiger partial charge is 0.177 e. The average Bonchev–Trinajstić information content (AvgIpc) is 2.50. The first-order chi connectivity index (χ1) is 5.81. The summed E-state index contributed by atoms with van der Waals surface area (Å²) in [5.74, 6) is -0.465. The molecule has 60 valence electrons. The van der Waals surface area contributed by atoms with E-state index in [1.54, 1.807) is 0 Å². The molecule has 0 aliphatic heterocycles. The zero-order valence-corrected chi connectivity index (χ0v) is 5.95. The van der Waals surface area contributed by atoms with E-state index in [0.717, 1.165) is 6.07 Å². The van der Waals surface area contributed by atoms with Gasteiger partial charge in [0.2, 0.25) is 0 Å². The fourth-order valence-electron chi connectivity index (χ4n) is 1.06. The number of hydrogen-bond donors (Lipinski definition) is 0. The molecule has 12 heavy (non-hydrogen) atoms. The van der Waals surface area contributed by atoms with Crippen LogP contribution in [0.15, 0.2) is 22.9 Å². The van der Waals surface area contributed by atoms with E-state index in [-0.39, 0.29) is 5.56 Å². The predicted octanol–water partition coefficient (Wildman–Crippen LogP) is 1.78. The number of nitrogens with zero attached hydrogens (tertiary/aromatic N) is 1. The number of benzene rings is 1. The molecule has 0 saturated heterocycles. The van der Waals surface area contributed by atoms with Gasteiger partial charge in [-0.2, -0.15) is 0 Å². The summed E-state index contributed by atoms with van der Waals surface area (Å²) in [6.07, 6.45) is 1.90. The standard InChI is InChI=1S/C8H4FNO2/c9-7-1-5-3-10-12-8(5)6(2-7)4-11/h1-4H. The molecule has 0 unspecified atom stereocenters. The Morgan fingerprint density at radius 1 is 1.50 bits per heavy atom. The summed E-state index contributed by atoms with van der Waals surface area (Å²) < 4.78 is 17.5. The minimum absolute atomic E-state index is 0.183. The lowest BCUT2D eigenvalue weighted by molar-refractivity contribution is 0.112. The second-order valence-corrected chi connectivity index (χ2v) is 2.36. The van der Waals surface area contributed by atoms with Gasteiger partial charge in [0.1, 0.15) is 5.82 Å². The van der Waals surface area contributed by atoms with Gasteiger partial charge in [-0.3, -0.25) is 4.79 Å². The Bertz CT molecular complexity index is 436. The van der Waals surface area contributed by atoms with E-state index in [1.807, 2.05) is 0 Å². The molecule has 0 N–H and O–H groups in total. The SMILES string of the molecule is O=Cc1cc(F)cc2cnoc12. The summed E-state index contributed by atoms with van der Waals surface area (Å²) in [6, 6.07) is 2.37. The predicted molar refractivity (Wildman–Crippen MR) is 39.4 cm³/mol. The highest BCUT2D eigenvalue weighted by Gasteiger charge is 2.06. The van der Waals surface area contributed by atoms with Crippen molar-refractivity contribution >= 4 is 17.3 Å². The van der Waals surface area contributed by atoms with Gasteiger partial charge in [-0.15, -0.1) is 0 Å². The number of halogens is 1. The highest BCUT2D eigenvalue weighted by Crippen LogP contribution is 2.18. The molecule has 0 bridgehead atoms. The summed E-state index contributed by atoms with van der Waals surface area (Å²) in [4.78, 5) is 10.4. The van der Waals surface area contributed by atoms with Crippen LogP contribution in [0.3, 0.4) is 0 Å². The van der Waals surface area contributed by atoms with Crippen LogP contribution in [-0.4, -0.2) is 11.4 Å². The lowest BCUT2D eigenvalue weighted by Crippen LogP contribution is -1.82. The molecule has 0 amide bonds. The molecule has 0 spiro atoms. The fraction of sp³-hybridized carbons (Fsp3) is 0. The summed E-state index contributed by atoms with van der Waals surface area (Å²) in [5.41, 5.74) is 0.508. The van der Waals surface area contributed by atoms with Gasteiger partial charge in [-0.25, -0.2) is 4.39 Å². The van der Waals surface area contributed by atoms with Crippen molar-refractivity contribution < 1.29 is 13.7 Å². The third-order valence-electron chi connectivity index (χ3n) is 1.57. The molecule has 0 aliphatic carbocycles. The van der Waals surface area contributed by atoms with E-state index in [1.165, 1.54) is 12.3 Å². The Morgan fingerprint density at radius 3 is 3.08 bits per heavy atom. The first kappa shape index (κ1) is 6.97. The average molecular weight is 165 g/mol. The topological polar surface area (TPSA) is 43.1 Å². The van der Waals surface area contributed by atoms with Crippen LogP contribution in [0.25, 0.3) is 11.0 Å². The molecule has 1 aromatic heterocycles. The van der Waals surface area contributed by atoms with E-state index in [4.69, 9.17) is 4.52 Å². The van der Waals surface area contributed by atoms with Gasteiger partial charge in [0.05, 0.1) is 11.8 Å². The van der Waals surface area contributed by atoms with Crippen molar-refractivity contribution in [1.82, 2.24) is 5.16 Å². The van der Waals surface area contributed by atoms with E-state index in [9.17, 15) is 9.18 Å². The van der Waals surface area contributed by atoms with Crippen LogP contribution in [0, 0.1) is 5.82 Å². The number of fused-ring (bicyclic) bond motifs is 1. The van der Waals surface area contributed by atoms with Crippen molar-refractivity contribution in [3.63, 3.8) is 0 Å². The number of carbonyl (C=O) groups is 1. The van der Waals surface area contributed by atoms with Gasteiger partial charge in [0.25, 0.3) is 0 Å². The van der Waals surface area contributed by atoms with E-state index >= 15 is 0 Å². The first-order valence-corrected chi connectivity index (χ1v) is 3.30. The lowest BCUT2D eigenvalue weighted by atomic mass is 10.2. The second kappa shape index (κ2) is 2.41. The molecule has 0 aliphatic rings. The van der Waals surface area contributed by atoms with Crippen molar-refractivity contribution in [2.75, 3.05) is 0 Å². The molecule has 0 saturated carbocycles. The molecule has 2 aromatic rings. The maximum absolute atomic E-state index is 12.7. The largest absolute Gasteiger partial charge is 0.356 e. The minimum Gasteiger partial charge on any atom is -0.356 e. The highest BCUT2D eigenvalue weighted by molar-refractivity contribution is 5.93. The Kier molecular flexibility index (Phi) is 1.40. The van der Waals surface area contributed by atoms with Crippen molar-refractivity contribution in [3.8, 4) is 0 Å². The lowest BCUT2D eigenvalue weighted by Gasteiger charge is -1.91. The molecular formula is C8H4FNO2. The molecular weight excluding hydrogens is 161 g/mol. The summed E-state index contributed by atoms with van der Waals surface area (Å²) >= 11 is 0. The summed E-state index contributed by atoms with van der Waals surface area (Å²) in [7, 11) is 0. The first-order valence-electron chi connectivity index (χ1n) is 3.30. The minimum atomic E-state index is -0.465. The second-order valence-electron chi connectivity index (χ2n) is 2.36. The van der Waals surface area contributed by atoms with E-state index < -0.39 is 5.82 Å². The summed E-state index contributed by atoms with van der Waals surface area (Å²) in [6.45, 7) is 0. The zero-order chi connectivity index (χ0) is 8.55. The van der Waals surface area contributed by atoms with Crippen molar-refractivity contribution in [1.29, 1.82) is 0 Å². The van der Waals surface area contributed by atoms with Gasteiger partial charge in [0, 0.05) is 5.39 Å². The molecule has 0 fully saturated rings. The number of aldehydes is 1. The van der Waals surface area contributed by atoms with Crippen LogP contribution in [0.4, 0.5) is 4.39 Å². The Morgan fingerprint density at radius 2 is 2.33 bits per heavy atom. The number of aromatic nitrogens is 1. The fourth-order valence-corrected chi connectivity index (χ4v) is 1.06. The van der Waals surface area contributed by atoms with Gasteiger partial charge >= 0.3 is 0 Å². The zero-order valence-electron chi connectivity index (χ0n) is 5.95. The van der Waals surface area contributed by atoms with Gasteiger partial charge in [-0.05, 0) is 12.1 Å². The molecule has 0 radical (unpaired) electrons. The maximum atomic E-state index is 12.7. The van der Waals surface area contributed by atoms with Gasteiger partial charge in [-0.1, -0.05) is 5.16 Å². The summed E-state index contributed by atoms with van der Waals surface area (Å²) in [5, 5.41) is 3.95. The van der Waals surface area contributed by atoms with Crippen LogP contribution in [0.5, 0.6) is 0 Å². The van der Waals surface area contributed by atoms with Crippen molar-refractivity contribution in [3.05, 3.63) is 29.7 Å². The van der Waals surface area contributed by atoms with Crippen molar-refractivity contribution in [2.24, 2.45) is 0 Å². The molecule has 2 rings (SSSR count). The quantitative estimate of drug-likeness (QED) is 0.605. The molecule has 1 aromatic carbocycles. The Labute approximate surface area is 66.8 Å². The van der Waals surface area contributed by atoms with Gasteiger partial charge in [0.15, 0.2) is 11.9 Å². The molecule has 0 atom stereocenters. The normalized spacial score (nSPS) is 10.4. The van der Waals surface area contributed by atoms with Crippen LogP contribution in [0.1, 0.15) is 10.4 Å². The van der Waals surface area contributed by atoms with E-state index in [0.29, 0.717) is 17.3 Å². The maximum Gasteiger partial charge on any atom is 0.177 e. The number of rotatable bonds is 1. The Hall–Kier alpha value is -1.71. The number of carbonyl (C=O) groups excluding carboxylic acids is 1. The highest BCUT2D eigenvalue weighted by atomic mass is 19.1. The van der Waals surface area contributed by atoms with Crippen LogP contribution in [-0.2, 0) is 0 Å². The third-order valence-corrected chi connectivity index (χ3v) is 1.57. The molecule has 4 heteroatoms.